The van der Waals surface area contributed by atoms with Crippen LogP contribution in [0.1, 0.15) is 21.8 Å². The van der Waals surface area contributed by atoms with Crippen LogP contribution in [0.3, 0.4) is 0 Å². The molecule has 1 aromatic carbocycles. The molecule has 4 nitrogen and oxygen atoms in total. The molecule has 0 aliphatic carbocycles. The van der Waals surface area contributed by atoms with Crippen molar-refractivity contribution in [1.82, 2.24) is 10.5 Å². The summed E-state index contributed by atoms with van der Waals surface area (Å²) in [7, 11) is 0. The molecule has 1 N–H and O–H groups in total. The number of hydrogen-bond donors (Lipinski definition) is 1. The summed E-state index contributed by atoms with van der Waals surface area (Å²) >= 11 is 2.15. The first-order valence-corrected chi connectivity index (χ1v) is 6.69. The fourth-order valence-electron chi connectivity index (χ4n) is 1.57. The average molecular weight is 356 g/mol. The van der Waals surface area contributed by atoms with Crippen molar-refractivity contribution in [3.05, 3.63) is 50.9 Å². The van der Waals surface area contributed by atoms with Gasteiger partial charge in [0.25, 0.3) is 5.91 Å². The molecule has 1 heterocycles. The van der Waals surface area contributed by atoms with Crippen molar-refractivity contribution in [3.63, 3.8) is 0 Å². The topological polar surface area (TPSA) is 55.1 Å². The van der Waals surface area contributed by atoms with Crippen LogP contribution in [0, 0.1) is 10.5 Å². The van der Waals surface area contributed by atoms with E-state index < -0.39 is 0 Å². The molecule has 0 spiro atoms. The zero-order chi connectivity index (χ0) is 13.0. The summed E-state index contributed by atoms with van der Waals surface area (Å²) in [5.74, 6) is 0.729. The average Bonchev–Trinajstić information content (AvgIpc) is 2.75. The lowest BCUT2D eigenvalue weighted by Gasteiger charge is -2.05. The molecule has 94 valence electrons. The first kappa shape index (κ1) is 13.1. The van der Waals surface area contributed by atoms with Gasteiger partial charge in [0.15, 0.2) is 0 Å². The molecule has 18 heavy (non-hydrogen) atoms. The fourth-order valence-corrected chi connectivity index (χ4v) is 2.21. The van der Waals surface area contributed by atoms with Crippen LogP contribution >= 0.6 is 22.6 Å². The summed E-state index contributed by atoms with van der Waals surface area (Å²) in [4.78, 5) is 11.9. The molecule has 2 aromatic rings. The highest BCUT2D eigenvalue weighted by molar-refractivity contribution is 14.1. The molecule has 1 aromatic heterocycles. The van der Waals surface area contributed by atoms with E-state index in [9.17, 15) is 4.79 Å². The number of nitrogens with one attached hydrogen (secondary N) is 1. The van der Waals surface area contributed by atoms with E-state index in [1.807, 2.05) is 37.3 Å². The lowest BCUT2D eigenvalue weighted by atomic mass is 10.2. The first-order chi connectivity index (χ1) is 8.66. The van der Waals surface area contributed by atoms with E-state index in [1.54, 1.807) is 0 Å². The maximum absolute atomic E-state index is 11.9. The fraction of sp³-hybridized carbons (Fsp3) is 0.231. The van der Waals surface area contributed by atoms with Crippen molar-refractivity contribution >= 4 is 28.5 Å². The maximum atomic E-state index is 11.9. The van der Waals surface area contributed by atoms with Gasteiger partial charge in [-0.15, -0.1) is 0 Å². The summed E-state index contributed by atoms with van der Waals surface area (Å²) in [6.07, 6.45) is 0.649. The van der Waals surface area contributed by atoms with Crippen molar-refractivity contribution in [2.45, 2.75) is 13.3 Å². The largest absolute Gasteiger partial charge is 0.361 e. The third-order valence-corrected chi connectivity index (χ3v) is 3.39. The van der Waals surface area contributed by atoms with E-state index in [4.69, 9.17) is 4.52 Å². The van der Waals surface area contributed by atoms with Crippen LogP contribution in [0.25, 0.3) is 0 Å². The number of nitrogens with zero attached hydrogens (tertiary/aromatic N) is 1. The second-order valence-corrected chi connectivity index (χ2v) is 5.08. The SMILES string of the molecule is Cc1cc(CCNC(=O)c2ccccc2I)on1. The maximum Gasteiger partial charge on any atom is 0.252 e. The summed E-state index contributed by atoms with van der Waals surface area (Å²) in [6, 6.07) is 9.37. The Morgan fingerprint density at radius 1 is 1.44 bits per heavy atom. The summed E-state index contributed by atoms with van der Waals surface area (Å²) in [5.41, 5.74) is 1.56. The lowest BCUT2D eigenvalue weighted by Crippen LogP contribution is -2.26. The molecule has 0 atom stereocenters. The molecule has 0 fully saturated rings. The van der Waals surface area contributed by atoms with Crippen molar-refractivity contribution in [1.29, 1.82) is 0 Å². The van der Waals surface area contributed by atoms with E-state index in [1.165, 1.54) is 0 Å². The monoisotopic (exact) mass is 356 g/mol. The Kier molecular flexibility index (Phi) is 4.35. The summed E-state index contributed by atoms with van der Waals surface area (Å²) in [5, 5.41) is 6.66. The van der Waals surface area contributed by atoms with Gasteiger partial charge >= 0.3 is 0 Å². The number of halogens is 1. The number of aromatic nitrogens is 1. The number of carbonyl (C=O) groups excluding carboxylic acids is 1. The normalized spacial score (nSPS) is 10.3. The summed E-state index contributed by atoms with van der Waals surface area (Å²) < 4.78 is 6.02. The van der Waals surface area contributed by atoms with Crippen LogP contribution in [-0.2, 0) is 6.42 Å². The highest BCUT2D eigenvalue weighted by Gasteiger charge is 2.08. The minimum atomic E-state index is -0.0590. The first-order valence-electron chi connectivity index (χ1n) is 5.62. The molecule has 5 heteroatoms. The number of amides is 1. The number of aryl methyl sites for hydroxylation is 1. The van der Waals surface area contributed by atoms with Crippen LogP contribution in [0.15, 0.2) is 34.9 Å². The molecule has 0 bridgehead atoms. The third kappa shape index (κ3) is 3.32. The highest BCUT2D eigenvalue weighted by Crippen LogP contribution is 2.11. The van der Waals surface area contributed by atoms with Crippen LogP contribution in [-0.4, -0.2) is 17.6 Å². The van der Waals surface area contributed by atoms with E-state index in [2.05, 4.69) is 33.1 Å². The number of carbonyl (C=O) groups is 1. The van der Waals surface area contributed by atoms with Crippen LogP contribution in [0.5, 0.6) is 0 Å². The van der Waals surface area contributed by atoms with Crippen LogP contribution in [0.2, 0.25) is 0 Å². The number of benzene rings is 1. The summed E-state index contributed by atoms with van der Waals surface area (Å²) in [6.45, 7) is 2.41. The van der Waals surface area contributed by atoms with Crippen molar-refractivity contribution in [3.8, 4) is 0 Å². The molecule has 0 aliphatic heterocycles. The highest BCUT2D eigenvalue weighted by atomic mass is 127. The van der Waals surface area contributed by atoms with Gasteiger partial charge in [-0.2, -0.15) is 0 Å². The van der Waals surface area contributed by atoms with Crippen molar-refractivity contribution in [2.75, 3.05) is 6.54 Å². The third-order valence-electron chi connectivity index (χ3n) is 2.45. The van der Waals surface area contributed by atoms with Gasteiger partial charge in [-0.25, -0.2) is 0 Å². The Morgan fingerprint density at radius 2 is 2.22 bits per heavy atom. The van der Waals surface area contributed by atoms with Crippen molar-refractivity contribution in [2.24, 2.45) is 0 Å². The van der Waals surface area contributed by atoms with Gasteiger partial charge in [0.1, 0.15) is 5.76 Å². The number of rotatable bonds is 4. The van der Waals surface area contributed by atoms with E-state index in [0.717, 1.165) is 15.0 Å². The molecule has 1 amide bonds. The van der Waals surface area contributed by atoms with Gasteiger partial charge in [0.2, 0.25) is 0 Å². The van der Waals surface area contributed by atoms with E-state index >= 15 is 0 Å². The van der Waals surface area contributed by atoms with Crippen LogP contribution in [0.4, 0.5) is 0 Å². The molecule has 0 unspecified atom stereocenters. The van der Waals surface area contributed by atoms with E-state index in [-0.39, 0.29) is 5.91 Å². The predicted molar refractivity (Wildman–Crippen MR) is 76.4 cm³/mol. The number of hydrogen-bond acceptors (Lipinski definition) is 3. The minimum Gasteiger partial charge on any atom is -0.361 e. The molecule has 0 saturated heterocycles. The molecule has 0 radical (unpaired) electrons. The Bertz CT molecular complexity index is 551. The Morgan fingerprint density at radius 3 is 2.89 bits per heavy atom. The Hall–Kier alpha value is -1.37. The second kappa shape index (κ2) is 5.99. The Balaban J connectivity index is 1.87. The zero-order valence-electron chi connectivity index (χ0n) is 9.94. The Labute approximate surface area is 119 Å². The molecule has 2 rings (SSSR count). The quantitative estimate of drug-likeness (QED) is 0.857. The van der Waals surface area contributed by atoms with Gasteiger partial charge < -0.3 is 9.84 Å². The molecule has 0 aliphatic rings. The zero-order valence-corrected chi connectivity index (χ0v) is 12.1. The molecular formula is C13H13IN2O2. The van der Waals surface area contributed by atoms with Crippen molar-refractivity contribution < 1.29 is 9.32 Å². The van der Waals surface area contributed by atoms with Gasteiger partial charge in [-0.05, 0) is 41.6 Å². The van der Waals surface area contributed by atoms with Crippen LogP contribution < -0.4 is 5.32 Å². The molecular weight excluding hydrogens is 343 g/mol. The lowest BCUT2D eigenvalue weighted by molar-refractivity contribution is 0.0952. The molecule has 0 saturated carbocycles. The van der Waals surface area contributed by atoms with Gasteiger partial charge in [-0.1, -0.05) is 17.3 Å². The standard InChI is InChI=1S/C13H13IN2O2/c1-9-8-10(18-16-9)6-7-15-13(17)11-4-2-3-5-12(11)14/h2-5,8H,6-7H2,1H3,(H,15,17). The van der Waals surface area contributed by atoms with Gasteiger partial charge in [-0.3, -0.25) is 4.79 Å². The van der Waals surface area contributed by atoms with Gasteiger partial charge in [0, 0.05) is 22.6 Å². The minimum absolute atomic E-state index is 0.0590. The van der Waals surface area contributed by atoms with Gasteiger partial charge in [0.05, 0.1) is 11.3 Å². The predicted octanol–water partition coefficient (Wildman–Crippen LogP) is 2.56. The van der Waals surface area contributed by atoms with E-state index in [0.29, 0.717) is 18.5 Å². The smallest absolute Gasteiger partial charge is 0.252 e. The second-order valence-electron chi connectivity index (χ2n) is 3.92.